The van der Waals surface area contributed by atoms with E-state index in [0.717, 1.165) is 5.56 Å². The van der Waals surface area contributed by atoms with Gasteiger partial charge >= 0.3 is 0 Å². The van der Waals surface area contributed by atoms with Crippen LogP contribution >= 0.6 is 11.6 Å². The van der Waals surface area contributed by atoms with E-state index in [-0.39, 0.29) is 5.91 Å². The number of amides is 1. The Morgan fingerprint density at radius 1 is 1.10 bits per heavy atom. The summed E-state index contributed by atoms with van der Waals surface area (Å²) in [5.41, 5.74) is 2.00. The van der Waals surface area contributed by atoms with Crippen molar-refractivity contribution in [3.8, 4) is 22.8 Å². The molecule has 7 heteroatoms. The summed E-state index contributed by atoms with van der Waals surface area (Å²) in [6.45, 7) is 5.06. The molecule has 0 bridgehead atoms. The molecule has 0 aliphatic heterocycles. The summed E-state index contributed by atoms with van der Waals surface area (Å²) in [7, 11) is 3.19. The summed E-state index contributed by atoms with van der Waals surface area (Å²) < 4.78 is 16.2. The van der Waals surface area contributed by atoms with Crippen molar-refractivity contribution in [3.05, 3.63) is 64.8 Å². The molecule has 0 aliphatic carbocycles. The van der Waals surface area contributed by atoms with Crippen molar-refractivity contribution in [2.75, 3.05) is 20.8 Å². The molecule has 0 aliphatic rings. The van der Waals surface area contributed by atoms with Gasteiger partial charge in [-0.1, -0.05) is 30.6 Å². The van der Waals surface area contributed by atoms with E-state index in [4.69, 9.17) is 25.6 Å². The van der Waals surface area contributed by atoms with Gasteiger partial charge in [0.2, 0.25) is 0 Å². The van der Waals surface area contributed by atoms with Crippen LogP contribution in [0.4, 0.5) is 0 Å². The molecular weight excluding hydrogens is 404 g/mol. The summed E-state index contributed by atoms with van der Waals surface area (Å²) in [6.07, 6.45) is 0. The van der Waals surface area contributed by atoms with Gasteiger partial charge in [-0.25, -0.2) is 0 Å². The molecule has 0 spiro atoms. The van der Waals surface area contributed by atoms with Gasteiger partial charge in [-0.05, 0) is 42.3 Å². The minimum atomic E-state index is -0.0769. The Kier molecular flexibility index (Phi) is 7.00. The van der Waals surface area contributed by atoms with Crippen LogP contribution in [0.5, 0.6) is 11.5 Å². The highest BCUT2D eigenvalue weighted by Gasteiger charge is 2.20. The molecule has 6 nitrogen and oxygen atoms in total. The number of aromatic nitrogens is 1. The fraction of sp³-hybridized carbons (Fsp3) is 0.304. The predicted octanol–water partition coefficient (Wildman–Crippen LogP) is 5.31. The molecule has 1 aromatic heterocycles. The van der Waals surface area contributed by atoms with Crippen molar-refractivity contribution >= 4 is 17.5 Å². The van der Waals surface area contributed by atoms with Crippen molar-refractivity contribution in [2.45, 2.75) is 20.4 Å². The summed E-state index contributed by atoms with van der Waals surface area (Å²) in [6, 6.07) is 14.2. The van der Waals surface area contributed by atoms with Crippen molar-refractivity contribution in [2.24, 2.45) is 5.92 Å². The van der Waals surface area contributed by atoms with E-state index in [1.54, 1.807) is 49.5 Å². The molecule has 3 rings (SSSR count). The van der Waals surface area contributed by atoms with Crippen molar-refractivity contribution in [1.29, 1.82) is 0 Å². The molecule has 30 heavy (non-hydrogen) atoms. The number of carbonyl (C=O) groups excluding carboxylic acids is 1. The van der Waals surface area contributed by atoms with Gasteiger partial charge in [0.05, 0.1) is 26.3 Å². The van der Waals surface area contributed by atoms with Crippen LogP contribution in [0.15, 0.2) is 53.1 Å². The number of methoxy groups -OCH3 is 2. The van der Waals surface area contributed by atoms with Gasteiger partial charge < -0.3 is 18.9 Å². The average molecular weight is 429 g/mol. The minimum absolute atomic E-state index is 0.0769. The van der Waals surface area contributed by atoms with Gasteiger partial charge in [0.15, 0.2) is 5.76 Å². The summed E-state index contributed by atoms with van der Waals surface area (Å²) in [5.74, 6) is 2.09. The fourth-order valence-corrected chi connectivity index (χ4v) is 3.27. The number of benzene rings is 2. The van der Waals surface area contributed by atoms with Crippen LogP contribution < -0.4 is 9.47 Å². The summed E-state index contributed by atoms with van der Waals surface area (Å²) in [5, 5.41) is 4.77. The fourth-order valence-electron chi connectivity index (χ4n) is 3.15. The Balaban J connectivity index is 1.84. The first kappa shape index (κ1) is 21.7. The molecule has 3 aromatic rings. The molecule has 158 valence electrons. The second-order valence-electron chi connectivity index (χ2n) is 7.34. The molecule has 1 heterocycles. The van der Waals surface area contributed by atoms with Crippen LogP contribution in [-0.2, 0) is 6.54 Å². The zero-order chi connectivity index (χ0) is 21.7. The molecule has 0 saturated carbocycles. The number of hydrogen-bond acceptors (Lipinski definition) is 5. The van der Waals surface area contributed by atoms with E-state index in [9.17, 15) is 4.79 Å². The SMILES string of the molecule is COc1ccc(-c2cc(CN(CC(C)C)C(=O)c3ccc(Cl)cc3)no2)c(OC)c1. The van der Waals surface area contributed by atoms with Crippen molar-refractivity contribution in [3.63, 3.8) is 0 Å². The molecule has 0 unspecified atom stereocenters. The van der Waals surface area contributed by atoms with E-state index < -0.39 is 0 Å². The maximum Gasteiger partial charge on any atom is 0.254 e. The number of rotatable bonds is 8. The molecule has 0 radical (unpaired) electrons. The normalized spacial score (nSPS) is 10.9. The number of halogens is 1. The lowest BCUT2D eigenvalue weighted by atomic mass is 10.1. The van der Waals surface area contributed by atoms with E-state index in [0.29, 0.717) is 52.5 Å². The first-order valence-corrected chi connectivity index (χ1v) is 10.0. The van der Waals surface area contributed by atoms with Crippen LogP contribution in [0, 0.1) is 5.92 Å². The van der Waals surface area contributed by atoms with E-state index >= 15 is 0 Å². The Hall–Kier alpha value is -2.99. The van der Waals surface area contributed by atoms with Gasteiger partial charge in [0.25, 0.3) is 5.91 Å². The van der Waals surface area contributed by atoms with Crippen molar-refractivity contribution < 1.29 is 18.8 Å². The maximum atomic E-state index is 13.0. The highest BCUT2D eigenvalue weighted by molar-refractivity contribution is 6.30. The van der Waals surface area contributed by atoms with E-state index in [1.165, 1.54) is 0 Å². The van der Waals surface area contributed by atoms with Crippen LogP contribution in [0.3, 0.4) is 0 Å². The van der Waals surface area contributed by atoms with Gasteiger partial charge in [-0.2, -0.15) is 0 Å². The molecule has 0 atom stereocenters. The maximum absolute atomic E-state index is 13.0. The molecular formula is C23H25ClN2O4. The lowest BCUT2D eigenvalue weighted by Crippen LogP contribution is -2.33. The van der Waals surface area contributed by atoms with Crippen LogP contribution in [0.2, 0.25) is 5.02 Å². The first-order valence-electron chi connectivity index (χ1n) is 9.64. The van der Waals surface area contributed by atoms with Crippen molar-refractivity contribution in [1.82, 2.24) is 10.1 Å². The number of ether oxygens (including phenoxy) is 2. The van der Waals surface area contributed by atoms with Crippen LogP contribution in [-0.4, -0.2) is 36.7 Å². The van der Waals surface area contributed by atoms with Gasteiger partial charge in [-0.15, -0.1) is 0 Å². The number of nitrogens with zero attached hydrogens (tertiary/aromatic N) is 2. The standard InChI is InChI=1S/C23H25ClN2O4/c1-15(2)13-26(23(27)16-5-7-17(24)8-6-16)14-18-11-22(30-25-18)20-10-9-19(28-3)12-21(20)29-4/h5-12,15H,13-14H2,1-4H3. The van der Waals surface area contributed by atoms with Gasteiger partial charge in [0, 0.05) is 29.3 Å². The number of hydrogen-bond donors (Lipinski definition) is 0. The predicted molar refractivity (Wildman–Crippen MR) is 116 cm³/mol. The molecule has 0 N–H and O–H groups in total. The Morgan fingerprint density at radius 3 is 2.47 bits per heavy atom. The topological polar surface area (TPSA) is 64.8 Å². The molecule has 2 aromatic carbocycles. The Morgan fingerprint density at radius 2 is 1.83 bits per heavy atom. The lowest BCUT2D eigenvalue weighted by Gasteiger charge is -2.23. The first-order chi connectivity index (χ1) is 14.4. The highest BCUT2D eigenvalue weighted by atomic mass is 35.5. The lowest BCUT2D eigenvalue weighted by molar-refractivity contribution is 0.0719. The quantitative estimate of drug-likeness (QED) is 0.486. The monoisotopic (exact) mass is 428 g/mol. The van der Waals surface area contributed by atoms with Crippen LogP contribution in [0.25, 0.3) is 11.3 Å². The Labute approximate surface area is 181 Å². The van der Waals surface area contributed by atoms with Gasteiger partial charge in [0.1, 0.15) is 17.2 Å². The average Bonchev–Trinajstić information content (AvgIpc) is 3.20. The zero-order valence-corrected chi connectivity index (χ0v) is 18.3. The highest BCUT2D eigenvalue weighted by Crippen LogP contribution is 2.33. The van der Waals surface area contributed by atoms with Gasteiger partial charge in [-0.3, -0.25) is 4.79 Å². The largest absolute Gasteiger partial charge is 0.497 e. The summed E-state index contributed by atoms with van der Waals surface area (Å²) in [4.78, 5) is 14.8. The zero-order valence-electron chi connectivity index (χ0n) is 17.5. The third kappa shape index (κ3) is 5.13. The second-order valence-corrected chi connectivity index (χ2v) is 7.77. The van der Waals surface area contributed by atoms with Crippen LogP contribution in [0.1, 0.15) is 29.9 Å². The van der Waals surface area contributed by atoms with E-state index in [1.807, 2.05) is 18.2 Å². The minimum Gasteiger partial charge on any atom is -0.497 e. The van der Waals surface area contributed by atoms with E-state index in [2.05, 4.69) is 19.0 Å². The third-order valence-electron chi connectivity index (χ3n) is 4.55. The third-order valence-corrected chi connectivity index (χ3v) is 4.80. The molecule has 1 amide bonds. The summed E-state index contributed by atoms with van der Waals surface area (Å²) >= 11 is 5.95. The smallest absolute Gasteiger partial charge is 0.254 e. The Bertz CT molecular complexity index is 999. The number of carbonyl (C=O) groups is 1. The molecule has 0 saturated heterocycles. The molecule has 0 fully saturated rings. The second kappa shape index (κ2) is 9.67.